The molecule has 2 fully saturated rings. The number of rotatable bonds is 4. The van der Waals surface area contributed by atoms with Crippen molar-refractivity contribution >= 4 is 0 Å². The van der Waals surface area contributed by atoms with Gasteiger partial charge >= 0.3 is 0 Å². The van der Waals surface area contributed by atoms with Gasteiger partial charge in [-0.3, -0.25) is 0 Å². The van der Waals surface area contributed by atoms with E-state index in [1.165, 1.54) is 77.0 Å². The molecule has 0 aromatic heterocycles. The minimum Gasteiger partial charge on any atom is -0.0588 e. The first-order valence-corrected chi connectivity index (χ1v) is 8.98. The Morgan fingerprint density at radius 2 is 0.900 bits per heavy atom. The Labute approximate surface area is 125 Å². The van der Waals surface area contributed by atoms with Gasteiger partial charge in [-0.15, -0.1) is 0 Å². The molecule has 1 aromatic carbocycles. The number of benzene rings is 1. The van der Waals surface area contributed by atoms with Crippen LogP contribution in [-0.2, 0) is 12.8 Å². The molecular weight excluding hydrogens is 240 g/mol. The van der Waals surface area contributed by atoms with Gasteiger partial charge in [-0.1, -0.05) is 88.5 Å². The van der Waals surface area contributed by atoms with E-state index in [4.69, 9.17) is 0 Å². The maximum Gasteiger partial charge on any atom is -0.0250 e. The lowest BCUT2D eigenvalue weighted by Gasteiger charge is -2.22. The maximum atomic E-state index is 2.41. The zero-order valence-electron chi connectivity index (χ0n) is 12.9. The van der Waals surface area contributed by atoms with E-state index in [9.17, 15) is 0 Å². The van der Waals surface area contributed by atoms with Gasteiger partial charge in [0, 0.05) is 0 Å². The second-order valence-corrected chi connectivity index (χ2v) is 7.23. The molecule has 0 heteroatoms. The number of hydrogen-bond acceptors (Lipinski definition) is 0. The fourth-order valence-electron chi connectivity index (χ4n) is 4.26. The standard InChI is InChI=1S/C20H30/c1-3-7-17(8-4-1)15-19-11-13-20(14-12-19)16-18-9-5-2-6-10-18/h11-14,17-18H,1-10,15-16H2. The van der Waals surface area contributed by atoms with Crippen LogP contribution in [0, 0.1) is 11.8 Å². The molecule has 0 atom stereocenters. The average Bonchev–Trinajstić information content (AvgIpc) is 2.51. The normalized spacial score (nSPS) is 22.0. The van der Waals surface area contributed by atoms with Crippen LogP contribution in [0.25, 0.3) is 0 Å². The summed E-state index contributed by atoms with van der Waals surface area (Å²) in [6.07, 6.45) is 17.3. The van der Waals surface area contributed by atoms with Gasteiger partial charge in [0.05, 0.1) is 0 Å². The fraction of sp³-hybridized carbons (Fsp3) is 0.700. The monoisotopic (exact) mass is 270 g/mol. The zero-order valence-corrected chi connectivity index (χ0v) is 12.9. The third-order valence-electron chi connectivity index (χ3n) is 5.52. The van der Waals surface area contributed by atoms with E-state index in [0.717, 1.165) is 11.8 Å². The van der Waals surface area contributed by atoms with Gasteiger partial charge in [-0.05, 0) is 35.8 Å². The highest BCUT2D eigenvalue weighted by Crippen LogP contribution is 2.28. The Bertz CT molecular complexity index is 338. The van der Waals surface area contributed by atoms with Crippen molar-refractivity contribution in [3.8, 4) is 0 Å². The van der Waals surface area contributed by atoms with Crippen LogP contribution in [-0.4, -0.2) is 0 Å². The average molecular weight is 270 g/mol. The van der Waals surface area contributed by atoms with E-state index in [2.05, 4.69) is 24.3 Å². The summed E-state index contributed by atoms with van der Waals surface area (Å²) in [7, 11) is 0. The molecule has 0 radical (unpaired) electrons. The van der Waals surface area contributed by atoms with E-state index >= 15 is 0 Å². The van der Waals surface area contributed by atoms with Crippen LogP contribution in [0.1, 0.15) is 75.3 Å². The molecule has 0 amide bonds. The summed E-state index contributed by atoms with van der Waals surface area (Å²) in [5.74, 6) is 1.93. The molecule has 0 spiro atoms. The van der Waals surface area contributed by atoms with Gasteiger partial charge in [0.25, 0.3) is 0 Å². The van der Waals surface area contributed by atoms with E-state index in [1.54, 1.807) is 11.1 Å². The Kier molecular flexibility index (Phi) is 5.17. The van der Waals surface area contributed by atoms with E-state index < -0.39 is 0 Å². The summed E-state index contributed by atoms with van der Waals surface area (Å²) >= 11 is 0. The lowest BCUT2D eigenvalue weighted by Crippen LogP contribution is -2.10. The molecule has 0 N–H and O–H groups in total. The first-order valence-electron chi connectivity index (χ1n) is 8.98. The molecule has 0 aliphatic heterocycles. The van der Waals surface area contributed by atoms with Crippen LogP contribution in [0.15, 0.2) is 24.3 Å². The second-order valence-electron chi connectivity index (χ2n) is 7.23. The van der Waals surface area contributed by atoms with Crippen molar-refractivity contribution in [1.29, 1.82) is 0 Å². The molecule has 0 nitrogen and oxygen atoms in total. The minimum atomic E-state index is 0.966. The van der Waals surface area contributed by atoms with Crippen molar-refractivity contribution in [1.82, 2.24) is 0 Å². The summed E-state index contributed by atoms with van der Waals surface area (Å²) in [6, 6.07) is 9.64. The molecule has 2 saturated carbocycles. The molecule has 3 rings (SSSR count). The highest BCUT2D eigenvalue weighted by atomic mass is 14.2. The summed E-state index contributed by atoms with van der Waals surface area (Å²) in [4.78, 5) is 0. The Hall–Kier alpha value is -0.780. The summed E-state index contributed by atoms with van der Waals surface area (Å²) in [5.41, 5.74) is 3.15. The van der Waals surface area contributed by atoms with Crippen molar-refractivity contribution in [2.75, 3.05) is 0 Å². The van der Waals surface area contributed by atoms with E-state index in [1.807, 2.05) is 0 Å². The second kappa shape index (κ2) is 7.29. The first-order chi connectivity index (χ1) is 9.90. The van der Waals surface area contributed by atoms with Gasteiger partial charge in [-0.25, -0.2) is 0 Å². The molecule has 0 unspecified atom stereocenters. The van der Waals surface area contributed by atoms with Crippen molar-refractivity contribution in [3.05, 3.63) is 35.4 Å². The lowest BCUT2D eigenvalue weighted by atomic mass is 9.83. The highest BCUT2D eigenvalue weighted by molar-refractivity contribution is 5.23. The smallest absolute Gasteiger partial charge is 0.0250 e. The van der Waals surface area contributed by atoms with Crippen LogP contribution < -0.4 is 0 Å². The van der Waals surface area contributed by atoms with Crippen molar-refractivity contribution in [2.45, 2.75) is 77.0 Å². The van der Waals surface area contributed by atoms with Crippen molar-refractivity contribution in [2.24, 2.45) is 11.8 Å². The summed E-state index contributed by atoms with van der Waals surface area (Å²) in [6.45, 7) is 0. The zero-order chi connectivity index (χ0) is 13.6. The third kappa shape index (κ3) is 4.11. The highest BCUT2D eigenvalue weighted by Gasteiger charge is 2.15. The molecule has 2 aliphatic carbocycles. The van der Waals surface area contributed by atoms with Crippen LogP contribution in [0.4, 0.5) is 0 Å². The first kappa shape index (κ1) is 14.2. The molecule has 1 aromatic rings. The minimum absolute atomic E-state index is 0.966. The molecule has 20 heavy (non-hydrogen) atoms. The van der Waals surface area contributed by atoms with Crippen molar-refractivity contribution < 1.29 is 0 Å². The lowest BCUT2D eigenvalue weighted by molar-refractivity contribution is 0.355. The Balaban J connectivity index is 1.51. The predicted molar refractivity (Wildman–Crippen MR) is 87.0 cm³/mol. The van der Waals surface area contributed by atoms with Gasteiger partial charge in [0.2, 0.25) is 0 Å². The topological polar surface area (TPSA) is 0 Å². The third-order valence-corrected chi connectivity index (χ3v) is 5.52. The summed E-state index contributed by atoms with van der Waals surface area (Å²) in [5, 5.41) is 0. The van der Waals surface area contributed by atoms with E-state index in [0.29, 0.717) is 0 Å². The molecular formula is C20H30. The van der Waals surface area contributed by atoms with Crippen LogP contribution in [0.5, 0.6) is 0 Å². The quantitative estimate of drug-likeness (QED) is 0.636. The van der Waals surface area contributed by atoms with Crippen molar-refractivity contribution in [3.63, 3.8) is 0 Å². The molecule has 0 heterocycles. The van der Waals surface area contributed by atoms with Gasteiger partial charge < -0.3 is 0 Å². The Morgan fingerprint density at radius 3 is 1.25 bits per heavy atom. The van der Waals surface area contributed by atoms with Gasteiger partial charge in [0.15, 0.2) is 0 Å². The molecule has 110 valence electrons. The van der Waals surface area contributed by atoms with Crippen LogP contribution in [0.3, 0.4) is 0 Å². The molecule has 0 saturated heterocycles. The Morgan fingerprint density at radius 1 is 0.550 bits per heavy atom. The molecule has 2 aliphatic rings. The van der Waals surface area contributed by atoms with E-state index in [-0.39, 0.29) is 0 Å². The largest absolute Gasteiger partial charge is 0.0588 e. The SMILES string of the molecule is c1cc(CC2CCCCC2)ccc1CC1CCCCC1. The van der Waals surface area contributed by atoms with Crippen LogP contribution >= 0.6 is 0 Å². The number of hydrogen-bond donors (Lipinski definition) is 0. The predicted octanol–water partition coefficient (Wildman–Crippen LogP) is 5.93. The van der Waals surface area contributed by atoms with Crippen LogP contribution in [0.2, 0.25) is 0 Å². The molecule has 0 bridgehead atoms. The summed E-state index contributed by atoms with van der Waals surface area (Å²) < 4.78 is 0. The van der Waals surface area contributed by atoms with Gasteiger partial charge in [0.1, 0.15) is 0 Å². The maximum absolute atomic E-state index is 2.41. The van der Waals surface area contributed by atoms with Gasteiger partial charge in [-0.2, -0.15) is 0 Å². The fourth-order valence-corrected chi connectivity index (χ4v) is 4.26.